The quantitative estimate of drug-likeness (QED) is 0.432. The van der Waals surface area contributed by atoms with Gasteiger partial charge in [-0.15, -0.1) is 0 Å². The Balaban J connectivity index is 1.71. The van der Waals surface area contributed by atoms with E-state index in [9.17, 15) is 19.7 Å². The molecule has 2 aromatic heterocycles. The van der Waals surface area contributed by atoms with Gasteiger partial charge in [-0.25, -0.2) is 0 Å². The highest BCUT2D eigenvalue weighted by atomic mass is 16.6. The Morgan fingerprint density at radius 2 is 1.90 bits per heavy atom. The van der Waals surface area contributed by atoms with Crippen molar-refractivity contribution in [1.29, 1.82) is 0 Å². The SMILES string of the molecule is CCn1cc(NC(=O)C(C)Cn2cc([N+](=O)[O-])cn2)c(C(=O)Nc2ccccc2)n1. The van der Waals surface area contributed by atoms with Crippen molar-refractivity contribution in [2.45, 2.75) is 26.9 Å². The molecule has 0 saturated carbocycles. The van der Waals surface area contributed by atoms with Crippen LogP contribution in [-0.4, -0.2) is 36.3 Å². The van der Waals surface area contributed by atoms with Gasteiger partial charge in [-0.3, -0.25) is 29.1 Å². The molecule has 0 radical (unpaired) electrons. The van der Waals surface area contributed by atoms with Crippen LogP contribution in [0.25, 0.3) is 0 Å². The molecule has 1 unspecified atom stereocenters. The van der Waals surface area contributed by atoms with Crippen LogP contribution in [0.2, 0.25) is 0 Å². The van der Waals surface area contributed by atoms with Crippen LogP contribution in [0.3, 0.4) is 0 Å². The van der Waals surface area contributed by atoms with Crippen LogP contribution in [0.15, 0.2) is 48.9 Å². The Kier molecular flexibility index (Phi) is 6.20. The minimum Gasteiger partial charge on any atom is -0.322 e. The molecule has 1 atom stereocenters. The van der Waals surface area contributed by atoms with E-state index in [0.717, 1.165) is 6.20 Å². The second-order valence-corrected chi connectivity index (χ2v) is 6.64. The molecule has 30 heavy (non-hydrogen) atoms. The van der Waals surface area contributed by atoms with Gasteiger partial charge in [-0.05, 0) is 19.1 Å². The van der Waals surface area contributed by atoms with Crippen molar-refractivity contribution in [1.82, 2.24) is 19.6 Å². The molecular formula is C19H21N7O4. The second-order valence-electron chi connectivity index (χ2n) is 6.64. The highest BCUT2D eigenvalue weighted by molar-refractivity contribution is 6.08. The number of aryl methyl sites for hydroxylation is 1. The summed E-state index contributed by atoms with van der Waals surface area (Å²) in [5.41, 5.74) is 0.843. The Morgan fingerprint density at radius 3 is 2.53 bits per heavy atom. The Bertz CT molecular complexity index is 1060. The van der Waals surface area contributed by atoms with Gasteiger partial charge in [-0.2, -0.15) is 10.2 Å². The third-order valence-electron chi connectivity index (χ3n) is 4.33. The number of hydrogen-bond donors (Lipinski definition) is 2. The number of nitro groups is 1. The molecule has 0 aliphatic rings. The molecule has 0 bridgehead atoms. The van der Waals surface area contributed by atoms with E-state index in [0.29, 0.717) is 12.2 Å². The Hall–Kier alpha value is -4.02. The van der Waals surface area contributed by atoms with E-state index in [1.54, 1.807) is 42.1 Å². The molecule has 2 N–H and O–H groups in total. The molecule has 0 aliphatic heterocycles. The van der Waals surface area contributed by atoms with E-state index >= 15 is 0 Å². The van der Waals surface area contributed by atoms with Crippen molar-refractivity contribution in [2.24, 2.45) is 5.92 Å². The maximum atomic E-state index is 12.7. The summed E-state index contributed by atoms with van der Waals surface area (Å²) in [6.07, 6.45) is 3.98. The zero-order chi connectivity index (χ0) is 21.7. The summed E-state index contributed by atoms with van der Waals surface area (Å²) in [5.74, 6) is -1.36. The molecule has 0 spiro atoms. The van der Waals surface area contributed by atoms with Crippen LogP contribution in [0.5, 0.6) is 0 Å². The van der Waals surface area contributed by atoms with Gasteiger partial charge in [0.1, 0.15) is 12.4 Å². The lowest BCUT2D eigenvalue weighted by Gasteiger charge is -2.12. The maximum absolute atomic E-state index is 12.7. The van der Waals surface area contributed by atoms with Gasteiger partial charge in [0.2, 0.25) is 5.91 Å². The topological polar surface area (TPSA) is 137 Å². The Morgan fingerprint density at radius 1 is 1.17 bits per heavy atom. The van der Waals surface area contributed by atoms with Gasteiger partial charge < -0.3 is 10.6 Å². The van der Waals surface area contributed by atoms with E-state index in [1.165, 1.54) is 10.9 Å². The van der Waals surface area contributed by atoms with Crippen molar-refractivity contribution in [2.75, 3.05) is 10.6 Å². The van der Waals surface area contributed by atoms with Crippen molar-refractivity contribution >= 4 is 28.9 Å². The lowest BCUT2D eigenvalue weighted by atomic mass is 10.1. The predicted octanol–water partition coefficient (Wildman–Crippen LogP) is 2.53. The summed E-state index contributed by atoms with van der Waals surface area (Å²) < 4.78 is 2.89. The van der Waals surface area contributed by atoms with Gasteiger partial charge in [0.15, 0.2) is 5.69 Å². The summed E-state index contributed by atoms with van der Waals surface area (Å²) in [5, 5.41) is 24.4. The molecule has 0 fully saturated rings. The number of carbonyl (C=O) groups excluding carboxylic acids is 2. The molecule has 2 heterocycles. The molecule has 2 amide bonds. The largest absolute Gasteiger partial charge is 0.322 e. The number of anilines is 2. The van der Waals surface area contributed by atoms with E-state index in [2.05, 4.69) is 20.8 Å². The van der Waals surface area contributed by atoms with Crippen LogP contribution >= 0.6 is 0 Å². The van der Waals surface area contributed by atoms with E-state index < -0.39 is 16.7 Å². The van der Waals surface area contributed by atoms with Crippen molar-refractivity contribution in [3.8, 4) is 0 Å². The number of amides is 2. The van der Waals surface area contributed by atoms with Crippen molar-refractivity contribution < 1.29 is 14.5 Å². The number of benzene rings is 1. The molecule has 0 aliphatic carbocycles. The molecule has 3 aromatic rings. The van der Waals surface area contributed by atoms with Crippen molar-refractivity contribution in [3.63, 3.8) is 0 Å². The van der Waals surface area contributed by atoms with Crippen LogP contribution in [0.1, 0.15) is 24.3 Å². The molecule has 3 rings (SSSR count). The molecule has 1 aromatic carbocycles. The van der Waals surface area contributed by atoms with Crippen LogP contribution < -0.4 is 10.6 Å². The number of hydrogen-bond acceptors (Lipinski definition) is 6. The van der Waals surface area contributed by atoms with Crippen LogP contribution in [0, 0.1) is 16.0 Å². The minimum atomic E-state index is -0.556. The lowest BCUT2D eigenvalue weighted by molar-refractivity contribution is -0.385. The number of para-hydroxylation sites is 1. The first kappa shape index (κ1) is 20.7. The first-order chi connectivity index (χ1) is 14.4. The average molecular weight is 411 g/mol. The monoisotopic (exact) mass is 411 g/mol. The third kappa shape index (κ3) is 4.87. The molecule has 11 nitrogen and oxygen atoms in total. The third-order valence-corrected chi connectivity index (χ3v) is 4.33. The van der Waals surface area contributed by atoms with Crippen molar-refractivity contribution in [3.05, 3.63) is 64.7 Å². The molecule has 11 heteroatoms. The van der Waals surface area contributed by atoms with Gasteiger partial charge in [0, 0.05) is 18.4 Å². The van der Waals surface area contributed by atoms with Crippen LogP contribution in [-0.2, 0) is 17.9 Å². The number of nitrogens with zero attached hydrogens (tertiary/aromatic N) is 5. The summed E-state index contributed by atoms with van der Waals surface area (Å²) in [6.45, 7) is 4.20. The molecular weight excluding hydrogens is 390 g/mol. The first-order valence-electron chi connectivity index (χ1n) is 9.29. The fraction of sp³-hybridized carbons (Fsp3) is 0.263. The average Bonchev–Trinajstić information content (AvgIpc) is 3.35. The number of rotatable bonds is 8. The Labute approximate surface area is 171 Å². The van der Waals surface area contributed by atoms with Gasteiger partial charge in [0.25, 0.3) is 5.91 Å². The minimum absolute atomic E-state index is 0.0935. The zero-order valence-corrected chi connectivity index (χ0v) is 16.5. The fourth-order valence-electron chi connectivity index (χ4n) is 2.72. The fourth-order valence-corrected chi connectivity index (χ4v) is 2.72. The second kappa shape index (κ2) is 8.99. The predicted molar refractivity (Wildman–Crippen MR) is 109 cm³/mol. The zero-order valence-electron chi connectivity index (χ0n) is 16.5. The van der Waals surface area contributed by atoms with E-state index in [1.807, 2.05) is 13.0 Å². The summed E-state index contributed by atoms with van der Waals surface area (Å²) >= 11 is 0. The smallest absolute Gasteiger partial charge is 0.306 e. The number of aromatic nitrogens is 4. The normalized spacial score (nSPS) is 11.7. The van der Waals surface area contributed by atoms with Gasteiger partial charge in [0.05, 0.1) is 23.1 Å². The molecule has 156 valence electrons. The maximum Gasteiger partial charge on any atom is 0.306 e. The summed E-state index contributed by atoms with van der Waals surface area (Å²) in [7, 11) is 0. The number of nitrogens with one attached hydrogen (secondary N) is 2. The van der Waals surface area contributed by atoms with E-state index in [4.69, 9.17) is 0 Å². The van der Waals surface area contributed by atoms with E-state index in [-0.39, 0.29) is 29.5 Å². The summed E-state index contributed by atoms with van der Waals surface area (Å²) in [6, 6.07) is 8.92. The van der Waals surface area contributed by atoms with Gasteiger partial charge in [-0.1, -0.05) is 25.1 Å². The highest BCUT2D eigenvalue weighted by Crippen LogP contribution is 2.18. The molecule has 0 saturated heterocycles. The van der Waals surface area contributed by atoms with Gasteiger partial charge >= 0.3 is 5.69 Å². The lowest BCUT2D eigenvalue weighted by Crippen LogP contribution is -2.25. The number of carbonyl (C=O) groups is 2. The van der Waals surface area contributed by atoms with Crippen LogP contribution in [0.4, 0.5) is 17.1 Å². The first-order valence-corrected chi connectivity index (χ1v) is 9.29. The highest BCUT2D eigenvalue weighted by Gasteiger charge is 2.22. The summed E-state index contributed by atoms with van der Waals surface area (Å²) in [4.78, 5) is 35.5. The standard InChI is InChI=1S/C19H21N7O4/c1-3-24-12-16(17(23-24)19(28)21-14-7-5-4-6-8-14)22-18(27)13(2)10-25-11-15(9-20-25)26(29)30/h4-9,11-13H,3,10H2,1-2H3,(H,21,28)(H,22,27).